The molecule has 11 nitrogen and oxygen atoms in total. The van der Waals surface area contributed by atoms with Crippen LogP contribution < -0.4 is 94.1 Å². The summed E-state index contributed by atoms with van der Waals surface area (Å²) in [6.07, 6.45) is 0. The summed E-state index contributed by atoms with van der Waals surface area (Å²) in [5.74, 6) is 0. The normalized spacial score (nSPS) is 7.20. The standard InChI is InChI=1S/Gd.3IO3.2H2O/c;3*2-1(3)4;;/h;;;;2*1H2/q+3;3*-1;;. The van der Waals surface area contributed by atoms with Gasteiger partial charge < -0.3 is 41.9 Å². The zero-order valence-electron chi connectivity index (χ0n) is 6.16. The van der Waals surface area contributed by atoms with Crippen LogP contribution in [0.25, 0.3) is 0 Å². The monoisotopic (exact) mass is 719 g/mol. The molecule has 0 aliphatic heterocycles. The number of rotatable bonds is 0. The molecule has 0 bridgehead atoms. The van der Waals surface area contributed by atoms with E-state index in [1.807, 2.05) is 0 Å². The third kappa shape index (κ3) is 410. The molecule has 0 spiro atoms. The smallest absolute Gasteiger partial charge is 0.427 e. The first-order chi connectivity index (χ1) is 5.20. The van der Waals surface area contributed by atoms with E-state index in [9.17, 15) is 0 Å². The summed E-state index contributed by atoms with van der Waals surface area (Å²) in [5, 5.41) is 0. The van der Waals surface area contributed by atoms with Crippen LogP contribution in [0.2, 0.25) is 0 Å². The first-order valence-corrected chi connectivity index (χ1v) is 9.32. The minimum atomic E-state index is -4.01. The summed E-state index contributed by atoms with van der Waals surface area (Å²) >= 11 is -12.0. The van der Waals surface area contributed by atoms with Crippen molar-refractivity contribution in [2.24, 2.45) is 0 Å². The maximum atomic E-state index is 8.57. The Kier molecular flexibility index (Phi) is 72.9. The molecule has 0 fully saturated rings. The molecular formula is H4GdI3O11. The van der Waals surface area contributed by atoms with Gasteiger partial charge in [-0.1, -0.05) is 0 Å². The van der Waals surface area contributed by atoms with Crippen LogP contribution in [0, 0.1) is 39.9 Å². The Morgan fingerprint density at radius 3 is 0.400 bits per heavy atom. The molecule has 4 N–H and O–H groups in total. The third-order valence-corrected chi connectivity index (χ3v) is 0. The fraction of sp³-hybridized carbons (Fsp3) is 0. The Hall–Kier alpha value is 3.07. The van der Waals surface area contributed by atoms with E-state index < -0.39 is 63.2 Å². The fourth-order valence-electron chi connectivity index (χ4n) is 0. The number of hydrogen-bond acceptors (Lipinski definition) is 9. The quantitative estimate of drug-likeness (QED) is 0.215. The van der Waals surface area contributed by atoms with Crippen LogP contribution in [0.1, 0.15) is 0 Å². The van der Waals surface area contributed by atoms with Gasteiger partial charge in [0.05, 0.1) is 0 Å². The maximum absolute atomic E-state index is 8.57. The average molecular weight is 718 g/mol. The molecule has 0 heterocycles. The molecule has 99 valence electrons. The van der Waals surface area contributed by atoms with Crippen LogP contribution in [0.5, 0.6) is 0 Å². The van der Waals surface area contributed by atoms with E-state index in [1.54, 1.807) is 0 Å². The minimum absolute atomic E-state index is 0. The molecule has 0 saturated heterocycles. The molecule has 0 aromatic heterocycles. The molecule has 0 rings (SSSR count). The van der Waals surface area contributed by atoms with Gasteiger partial charge in [0.25, 0.3) is 63.2 Å². The molecule has 0 atom stereocenters. The predicted molar refractivity (Wildman–Crippen MR) is 7.23 cm³/mol. The van der Waals surface area contributed by atoms with Crippen LogP contribution in [0.15, 0.2) is 0 Å². The van der Waals surface area contributed by atoms with Crippen molar-refractivity contribution >= 4 is 0 Å². The molecule has 0 aromatic rings. The van der Waals surface area contributed by atoms with Gasteiger partial charge in [0, 0.05) is 0 Å². The van der Waals surface area contributed by atoms with E-state index in [2.05, 4.69) is 0 Å². The predicted octanol–water partition coefficient (Wildman–Crippen LogP) is -21.3. The second-order valence-corrected chi connectivity index (χ2v) is 3.80. The molecule has 0 aromatic carbocycles. The first kappa shape index (κ1) is 36.1. The molecule has 0 amide bonds. The summed E-state index contributed by atoms with van der Waals surface area (Å²) < 4.78 is 77.2. The Labute approximate surface area is 142 Å². The van der Waals surface area contributed by atoms with Crippen molar-refractivity contribution in [3.63, 3.8) is 0 Å². The zero-order chi connectivity index (χ0) is 10.7. The molecule has 1 radical (unpaired) electrons. The van der Waals surface area contributed by atoms with Crippen LogP contribution in [-0.2, 0) is 0 Å². The second kappa shape index (κ2) is 30.3. The van der Waals surface area contributed by atoms with Gasteiger partial charge in [-0.15, -0.1) is 0 Å². The van der Waals surface area contributed by atoms with Crippen molar-refractivity contribution in [1.82, 2.24) is 0 Å². The van der Waals surface area contributed by atoms with Crippen LogP contribution in [0.3, 0.4) is 0 Å². The Balaban J connectivity index is -0.0000000184. The van der Waals surface area contributed by atoms with Crippen molar-refractivity contribution in [1.29, 1.82) is 0 Å². The van der Waals surface area contributed by atoms with Gasteiger partial charge in [-0.25, -0.2) is 0 Å². The maximum Gasteiger partial charge on any atom is 3.00 e. The van der Waals surface area contributed by atoms with Gasteiger partial charge in [0.1, 0.15) is 0 Å². The SMILES string of the molecule is O.O.[Gd+3].[O-][I+2]([O-])[O-].[O-][I+2]([O-])[O-].[O-][I+2]([O-])[O-]. The molecular weight excluding hydrogens is 714 g/mol. The Morgan fingerprint density at radius 2 is 0.400 bits per heavy atom. The second-order valence-electron chi connectivity index (χ2n) is 0.567. The van der Waals surface area contributed by atoms with Gasteiger partial charge >= 0.3 is 39.9 Å². The molecule has 0 saturated carbocycles. The minimum Gasteiger partial charge on any atom is -0.427 e. The van der Waals surface area contributed by atoms with Gasteiger partial charge in [0.15, 0.2) is 0 Å². The van der Waals surface area contributed by atoms with Crippen molar-refractivity contribution in [2.45, 2.75) is 0 Å². The van der Waals surface area contributed by atoms with Crippen molar-refractivity contribution in [3.05, 3.63) is 0 Å². The van der Waals surface area contributed by atoms with Crippen molar-refractivity contribution < 1.29 is 145 Å². The molecule has 15 heteroatoms. The van der Waals surface area contributed by atoms with E-state index in [1.165, 1.54) is 0 Å². The van der Waals surface area contributed by atoms with E-state index in [0.717, 1.165) is 0 Å². The molecule has 0 aliphatic rings. The summed E-state index contributed by atoms with van der Waals surface area (Å²) in [6, 6.07) is 0. The van der Waals surface area contributed by atoms with Crippen LogP contribution in [-0.4, -0.2) is 11.0 Å². The van der Waals surface area contributed by atoms with Crippen molar-refractivity contribution in [3.8, 4) is 0 Å². The van der Waals surface area contributed by atoms with E-state index in [0.29, 0.717) is 0 Å². The van der Waals surface area contributed by atoms with Gasteiger partial charge in [0.2, 0.25) is 0 Å². The Bertz CT molecular complexity index is 44.3. The third-order valence-electron chi connectivity index (χ3n) is 0. The summed E-state index contributed by atoms with van der Waals surface area (Å²) in [4.78, 5) is 0. The van der Waals surface area contributed by atoms with Crippen LogP contribution in [0.4, 0.5) is 0 Å². The number of hydrogen-bond donors (Lipinski definition) is 0. The molecule has 15 heavy (non-hydrogen) atoms. The van der Waals surface area contributed by atoms with E-state index in [4.69, 9.17) is 30.9 Å². The summed E-state index contributed by atoms with van der Waals surface area (Å²) in [7, 11) is 0. The largest absolute Gasteiger partial charge is 3.00 e. The summed E-state index contributed by atoms with van der Waals surface area (Å²) in [5.41, 5.74) is 0. The average Bonchev–Trinajstić information content (AvgIpc) is 1.54. The number of halogens is 3. The first-order valence-electron chi connectivity index (χ1n) is 1.39. The Morgan fingerprint density at radius 1 is 0.400 bits per heavy atom. The topological polar surface area (TPSA) is 271 Å². The fourth-order valence-corrected chi connectivity index (χ4v) is 0. The van der Waals surface area contributed by atoms with Gasteiger partial charge in [-0.05, 0) is 0 Å². The van der Waals surface area contributed by atoms with E-state index >= 15 is 0 Å². The van der Waals surface area contributed by atoms with Gasteiger partial charge in [-0.3, -0.25) is 0 Å². The van der Waals surface area contributed by atoms with Crippen molar-refractivity contribution in [2.75, 3.05) is 0 Å². The summed E-state index contributed by atoms with van der Waals surface area (Å²) in [6.45, 7) is 0. The van der Waals surface area contributed by atoms with E-state index in [-0.39, 0.29) is 50.9 Å². The van der Waals surface area contributed by atoms with Crippen LogP contribution >= 0.6 is 0 Å². The molecule has 0 unspecified atom stereocenters. The molecule has 0 aliphatic carbocycles. The van der Waals surface area contributed by atoms with Gasteiger partial charge in [-0.2, -0.15) is 0 Å². The zero-order valence-corrected chi connectivity index (χ0v) is 14.9.